The number of rotatable bonds is 8. The first-order chi connectivity index (χ1) is 12.6. The Bertz CT molecular complexity index is 822. The third-order valence-electron chi connectivity index (χ3n) is 4.10. The third-order valence-corrected chi connectivity index (χ3v) is 5.06. The molecule has 26 heavy (non-hydrogen) atoms. The molecule has 6 nitrogen and oxygen atoms in total. The van der Waals surface area contributed by atoms with Crippen molar-refractivity contribution in [3.63, 3.8) is 0 Å². The van der Waals surface area contributed by atoms with Crippen LogP contribution in [0.15, 0.2) is 47.5 Å². The van der Waals surface area contributed by atoms with Gasteiger partial charge in [0.25, 0.3) is 0 Å². The van der Waals surface area contributed by atoms with Gasteiger partial charge in [0.15, 0.2) is 0 Å². The Balaban J connectivity index is 1.40. The fourth-order valence-corrected chi connectivity index (χ4v) is 3.56. The second kappa shape index (κ2) is 8.71. The minimum Gasteiger partial charge on any atom is -0.361 e. The Morgan fingerprint density at radius 3 is 2.65 bits per heavy atom. The monoisotopic (exact) mass is 370 g/mol. The summed E-state index contributed by atoms with van der Waals surface area (Å²) in [6.07, 6.45) is 5.51. The lowest BCUT2D eigenvalue weighted by molar-refractivity contribution is -0.118. The SMILES string of the molecule is Cc1noc(C)c1CSCC(=O)NCc1ccc(Cn2ccnc2)cc1. The molecule has 3 rings (SSSR count). The first-order valence-electron chi connectivity index (χ1n) is 8.41. The van der Waals surface area contributed by atoms with Crippen LogP contribution in [0.5, 0.6) is 0 Å². The molecule has 0 saturated carbocycles. The molecule has 0 fully saturated rings. The van der Waals surface area contributed by atoms with E-state index < -0.39 is 0 Å². The highest BCUT2D eigenvalue weighted by Crippen LogP contribution is 2.19. The Morgan fingerprint density at radius 2 is 2.00 bits per heavy atom. The van der Waals surface area contributed by atoms with Gasteiger partial charge in [0.1, 0.15) is 5.76 Å². The summed E-state index contributed by atoms with van der Waals surface area (Å²) in [4.78, 5) is 16.1. The fraction of sp³-hybridized carbons (Fsp3) is 0.316. The number of carbonyl (C=O) groups is 1. The van der Waals surface area contributed by atoms with Crippen molar-refractivity contribution in [2.75, 3.05) is 5.75 Å². The number of nitrogens with one attached hydrogen (secondary N) is 1. The summed E-state index contributed by atoms with van der Waals surface area (Å²) in [5.41, 5.74) is 4.26. The van der Waals surface area contributed by atoms with Gasteiger partial charge in [-0.2, -0.15) is 0 Å². The van der Waals surface area contributed by atoms with E-state index in [1.165, 1.54) is 5.56 Å². The number of nitrogens with zero attached hydrogens (tertiary/aromatic N) is 3. The summed E-state index contributed by atoms with van der Waals surface area (Å²) in [5.74, 6) is 2.01. The zero-order chi connectivity index (χ0) is 18.4. The summed E-state index contributed by atoms with van der Waals surface area (Å²) in [6, 6.07) is 8.24. The molecule has 0 bridgehead atoms. The Labute approximate surface area is 157 Å². The second-order valence-corrected chi connectivity index (χ2v) is 7.11. The molecule has 0 unspecified atom stereocenters. The largest absolute Gasteiger partial charge is 0.361 e. The molecule has 7 heteroatoms. The van der Waals surface area contributed by atoms with E-state index >= 15 is 0 Å². The smallest absolute Gasteiger partial charge is 0.230 e. The maximum absolute atomic E-state index is 12.0. The molecule has 0 aliphatic rings. The van der Waals surface area contributed by atoms with Crippen LogP contribution in [0.25, 0.3) is 0 Å². The molecule has 0 spiro atoms. The van der Waals surface area contributed by atoms with Gasteiger partial charge in [-0.05, 0) is 25.0 Å². The Kier molecular flexibility index (Phi) is 6.12. The van der Waals surface area contributed by atoms with Crippen molar-refractivity contribution in [2.24, 2.45) is 0 Å². The molecule has 2 heterocycles. The summed E-state index contributed by atoms with van der Waals surface area (Å²) in [7, 11) is 0. The van der Waals surface area contributed by atoms with Crippen molar-refractivity contribution in [1.29, 1.82) is 0 Å². The molecule has 136 valence electrons. The van der Waals surface area contributed by atoms with Crippen molar-refractivity contribution < 1.29 is 9.32 Å². The number of imidazole rings is 1. The van der Waals surface area contributed by atoms with Crippen LogP contribution in [0.2, 0.25) is 0 Å². The van der Waals surface area contributed by atoms with Crippen LogP contribution in [0, 0.1) is 13.8 Å². The highest BCUT2D eigenvalue weighted by atomic mass is 32.2. The van der Waals surface area contributed by atoms with Gasteiger partial charge in [0.05, 0.1) is 17.8 Å². The maximum Gasteiger partial charge on any atom is 0.230 e. The number of aryl methyl sites for hydroxylation is 2. The molecule has 0 radical (unpaired) electrons. The van der Waals surface area contributed by atoms with Gasteiger partial charge >= 0.3 is 0 Å². The van der Waals surface area contributed by atoms with Crippen molar-refractivity contribution in [1.82, 2.24) is 20.0 Å². The molecule has 0 aliphatic heterocycles. The number of hydrogen-bond acceptors (Lipinski definition) is 5. The average molecular weight is 370 g/mol. The molecule has 0 aliphatic carbocycles. The predicted octanol–water partition coefficient (Wildman–Crippen LogP) is 3.09. The van der Waals surface area contributed by atoms with E-state index in [9.17, 15) is 4.79 Å². The lowest BCUT2D eigenvalue weighted by Crippen LogP contribution is -2.24. The molecule has 1 amide bonds. The molecular formula is C19H22N4O2S. The van der Waals surface area contributed by atoms with Crippen LogP contribution >= 0.6 is 11.8 Å². The number of aromatic nitrogens is 3. The molecular weight excluding hydrogens is 348 g/mol. The molecule has 1 N–H and O–H groups in total. The number of thioether (sulfide) groups is 1. The van der Waals surface area contributed by atoms with E-state index in [2.05, 4.69) is 27.6 Å². The summed E-state index contributed by atoms with van der Waals surface area (Å²) in [6.45, 7) is 5.15. The normalized spacial score (nSPS) is 10.8. The highest BCUT2D eigenvalue weighted by molar-refractivity contribution is 7.99. The molecule has 3 aromatic rings. The number of hydrogen-bond donors (Lipinski definition) is 1. The van der Waals surface area contributed by atoms with Crippen molar-refractivity contribution in [3.8, 4) is 0 Å². The number of benzene rings is 1. The number of carbonyl (C=O) groups excluding carboxylic acids is 1. The zero-order valence-corrected chi connectivity index (χ0v) is 15.8. The number of amides is 1. The summed E-state index contributed by atoms with van der Waals surface area (Å²) < 4.78 is 7.15. The van der Waals surface area contributed by atoms with Gasteiger partial charge in [-0.1, -0.05) is 29.4 Å². The van der Waals surface area contributed by atoms with Crippen molar-refractivity contribution >= 4 is 17.7 Å². The van der Waals surface area contributed by atoms with Crippen molar-refractivity contribution in [3.05, 3.63) is 71.1 Å². The van der Waals surface area contributed by atoms with Gasteiger partial charge in [0.2, 0.25) is 5.91 Å². The van der Waals surface area contributed by atoms with Crippen molar-refractivity contribution in [2.45, 2.75) is 32.7 Å². The average Bonchev–Trinajstić information content (AvgIpc) is 3.26. The van der Waals surface area contributed by atoms with E-state index in [-0.39, 0.29) is 5.91 Å². The van der Waals surface area contributed by atoms with Crippen LogP contribution < -0.4 is 5.32 Å². The van der Waals surface area contributed by atoms with Gasteiger partial charge < -0.3 is 14.4 Å². The third kappa shape index (κ3) is 4.98. The lowest BCUT2D eigenvalue weighted by atomic mass is 10.1. The Morgan fingerprint density at radius 1 is 1.23 bits per heavy atom. The first-order valence-corrected chi connectivity index (χ1v) is 9.57. The highest BCUT2D eigenvalue weighted by Gasteiger charge is 2.10. The first kappa shape index (κ1) is 18.3. The maximum atomic E-state index is 12.0. The Hall–Kier alpha value is -2.54. The van der Waals surface area contributed by atoms with Gasteiger partial charge in [-0.3, -0.25) is 4.79 Å². The fourth-order valence-electron chi connectivity index (χ4n) is 2.56. The summed E-state index contributed by atoms with van der Waals surface area (Å²) >= 11 is 1.57. The minimum absolute atomic E-state index is 0.0317. The minimum atomic E-state index is 0.0317. The lowest BCUT2D eigenvalue weighted by Gasteiger charge is -2.07. The second-order valence-electron chi connectivity index (χ2n) is 6.12. The van der Waals surface area contributed by atoms with E-state index in [0.29, 0.717) is 12.3 Å². The van der Waals surface area contributed by atoms with E-state index in [1.54, 1.807) is 24.3 Å². The van der Waals surface area contributed by atoms with E-state index in [1.807, 2.05) is 36.7 Å². The van der Waals surface area contributed by atoms with E-state index in [0.717, 1.165) is 34.9 Å². The molecule has 0 saturated heterocycles. The summed E-state index contributed by atoms with van der Waals surface area (Å²) in [5, 5.41) is 6.89. The van der Waals surface area contributed by atoms with Gasteiger partial charge in [-0.25, -0.2) is 4.98 Å². The standard InChI is InChI=1S/C19H22N4O2S/c1-14-18(15(2)25-22-14)11-26-12-19(24)21-9-16-3-5-17(6-4-16)10-23-8-7-20-13-23/h3-8,13H,9-12H2,1-2H3,(H,21,24). The van der Waals surface area contributed by atoms with Crippen LogP contribution in [-0.2, 0) is 23.6 Å². The quantitative estimate of drug-likeness (QED) is 0.660. The predicted molar refractivity (Wildman–Crippen MR) is 102 cm³/mol. The van der Waals surface area contributed by atoms with E-state index in [4.69, 9.17) is 4.52 Å². The molecule has 1 aromatic carbocycles. The van der Waals surface area contributed by atoms with Crippen LogP contribution in [0.3, 0.4) is 0 Å². The zero-order valence-electron chi connectivity index (χ0n) is 14.9. The van der Waals surface area contributed by atoms with Crippen LogP contribution in [0.4, 0.5) is 0 Å². The van der Waals surface area contributed by atoms with Gasteiger partial charge in [-0.15, -0.1) is 11.8 Å². The molecule has 2 aromatic heterocycles. The molecule has 0 atom stereocenters. The topological polar surface area (TPSA) is 73.0 Å². The van der Waals surface area contributed by atoms with Crippen LogP contribution in [-0.4, -0.2) is 26.4 Å². The van der Waals surface area contributed by atoms with Crippen LogP contribution in [0.1, 0.15) is 28.1 Å². The van der Waals surface area contributed by atoms with Gasteiger partial charge in [0, 0.05) is 36.8 Å².